The van der Waals surface area contributed by atoms with Crippen LogP contribution < -0.4 is 10.5 Å². The molecule has 184 valence electrons. The van der Waals surface area contributed by atoms with Crippen LogP contribution in [-0.4, -0.2) is 25.8 Å². The molecule has 1 aromatic carbocycles. The molecule has 1 spiro atoms. The van der Waals surface area contributed by atoms with Gasteiger partial charge in [0.05, 0.1) is 5.69 Å². The second kappa shape index (κ2) is 7.94. The first-order valence-corrected chi connectivity index (χ1v) is 11.5. The van der Waals surface area contributed by atoms with Crippen molar-refractivity contribution in [2.24, 2.45) is 10.7 Å². The largest absolute Gasteiger partial charge is 0.452 e. The van der Waals surface area contributed by atoms with Crippen LogP contribution in [0.4, 0.5) is 13.2 Å². The van der Waals surface area contributed by atoms with E-state index in [4.69, 9.17) is 15.5 Å². The summed E-state index contributed by atoms with van der Waals surface area (Å²) in [5, 5.41) is 0. The highest BCUT2D eigenvalue weighted by Gasteiger charge is 2.50. The van der Waals surface area contributed by atoms with E-state index >= 15 is 4.39 Å². The normalized spacial score (nSPS) is 16.9. The molecule has 7 rings (SSSR count). The van der Waals surface area contributed by atoms with Crippen molar-refractivity contribution in [2.45, 2.75) is 5.54 Å². The molecule has 2 aliphatic heterocycles. The van der Waals surface area contributed by atoms with Gasteiger partial charge in [-0.3, -0.25) is 4.98 Å². The number of halogens is 3. The smallest absolute Gasteiger partial charge is 0.256 e. The summed E-state index contributed by atoms with van der Waals surface area (Å²) in [7, 11) is 0. The quantitative estimate of drug-likeness (QED) is 0.332. The summed E-state index contributed by atoms with van der Waals surface area (Å²) in [6.07, 6.45) is 5.83. The molecule has 1 unspecified atom stereocenters. The third kappa shape index (κ3) is 3.06. The summed E-state index contributed by atoms with van der Waals surface area (Å²) < 4.78 is 50.2. The van der Waals surface area contributed by atoms with Crippen LogP contribution in [0.15, 0.2) is 84.4 Å². The molecule has 0 radical (unpaired) electrons. The van der Waals surface area contributed by atoms with Gasteiger partial charge in [-0.05, 0) is 48.0 Å². The highest BCUT2D eigenvalue weighted by molar-refractivity contribution is 6.03. The minimum atomic E-state index is -1.39. The lowest BCUT2D eigenvalue weighted by molar-refractivity contribution is 0.385. The number of ether oxygens (including phenoxy) is 1. The van der Waals surface area contributed by atoms with E-state index in [0.717, 1.165) is 6.07 Å². The van der Waals surface area contributed by atoms with Crippen molar-refractivity contribution >= 4 is 5.84 Å². The third-order valence-corrected chi connectivity index (χ3v) is 6.77. The summed E-state index contributed by atoms with van der Waals surface area (Å²) in [5.74, 6) is -1.93. The van der Waals surface area contributed by atoms with E-state index in [1.807, 2.05) is 0 Å². The van der Waals surface area contributed by atoms with Crippen LogP contribution in [-0.2, 0) is 5.54 Å². The summed E-state index contributed by atoms with van der Waals surface area (Å²) in [6.45, 7) is 0. The number of hydrogen-bond donors (Lipinski definition) is 1. The number of nitrogens with two attached hydrogens (primary N) is 1. The molecule has 2 aliphatic rings. The van der Waals surface area contributed by atoms with Gasteiger partial charge in [-0.2, -0.15) is 13.2 Å². The third-order valence-electron chi connectivity index (χ3n) is 6.77. The zero-order valence-electron chi connectivity index (χ0n) is 19.4. The zero-order valence-corrected chi connectivity index (χ0v) is 19.4. The summed E-state index contributed by atoms with van der Waals surface area (Å²) in [5.41, 5.74) is 8.24. The van der Waals surface area contributed by atoms with Crippen LogP contribution in [0.3, 0.4) is 0 Å². The van der Waals surface area contributed by atoms with Gasteiger partial charge in [0.25, 0.3) is 5.95 Å². The van der Waals surface area contributed by atoms with E-state index in [-0.39, 0.29) is 22.8 Å². The van der Waals surface area contributed by atoms with Crippen LogP contribution in [0.1, 0.15) is 22.3 Å². The maximum atomic E-state index is 15.6. The highest BCUT2D eigenvalue weighted by atomic mass is 19.1. The van der Waals surface area contributed by atoms with Gasteiger partial charge in [-0.25, -0.2) is 19.9 Å². The Balaban J connectivity index is 1.56. The maximum absolute atomic E-state index is 15.6. The van der Waals surface area contributed by atoms with E-state index in [0.29, 0.717) is 39.1 Å². The lowest BCUT2D eigenvalue weighted by Crippen LogP contribution is -2.30. The molecule has 0 bridgehead atoms. The molecule has 0 saturated carbocycles. The minimum Gasteiger partial charge on any atom is -0.452 e. The monoisotopic (exact) mass is 508 g/mol. The number of amidine groups is 1. The SMILES string of the molecule is NC1=NC2(c3cc(-c4cccnc4F)ccc3Oc3c2cc(-c2ccnc(F)c2)nc3F)c2cnccc21. The average molecular weight is 508 g/mol. The Labute approximate surface area is 213 Å². The number of fused-ring (bicyclic) bond motifs is 6. The molecule has 0 amide bonds. The van der Waals surface area contributed by atoms with E-state index in [9.17, 15) is 8.78 Å². The molecule has 1 atom stereocenters. The van der Waals surface area contributed by atoms with Crippen LogP contribution in [0.2, 0.25) is 0 Å². The fourth-order valence-electron chi connectivity index (χ4n) is 5.12. The fourth-order valence-corrected chi connectivity index (χ4v) is 5.12. The molecule has 2 N–H and O–H groups in total. The van der Waals surface area contributed by atoms with Crippen molar-refractivity contribution < 1.29 is 17.9 Å². The molecular weight excluding hydrogens is 493 g/mol. The van der Waals surface area contributed by atoms with Gasteiger partial charge in [0.15, 0.2) is 5.75 Å². The first kappa shape index (κ1) is 22.1. The van der Waals surface area contributed by atoms with Crippen molar-refractivity contribution in [1.82, 2.24) is 19.9 Å². The van der Waals surface area contributed by atoms with Crippen LogP contribution in [0, 0.1) is 17.8 Å². The molecule has 0 aliphatic carbocycles. The van der Waals surface area contributed by atoms with Gasteiger partial charge in [-0.1, -0.05) is 6.07 Å². The number of pyridine rings is 4. The Morgan fingerprint density at radius 2 is 1.66 bits per heavy atom. The summed E-state index contributed by atoms with van der Waals surface area (Å²) in [6, 6.07) is 14.2. The lowest BCUT2D eigenvalue weighted by Gasteiger charge is -2.36. The van der Waals surface area contributed by atoms with Crippen LogP contribution >= 0.6 is 0 Å². The molecule has 5 aromatic rings. The lowest BCUT2D eigenvalue weighted by atomic mass is 9.75. The number of aliphatic imine (C=N–C) groups is 1. The first-order valence-electron chi connectivity index (χ1n) is 11.5. The molecule has 4 aromatic heterocycles. The van der Waals surface area contributed by atoms with Crippen molar-refractivity contribution in [3.05, 3.63) is 119 Å². The van der Waals surface area contributed by atoms with E-state index in [1.165, 1.54) is 18.5 Å². The molecule has 6 heterocycles. The van der Waals surface area contributed by atoms with Gasteiger partial charge in [0.1, 0.15) is 17.1 Å². The minimum absolute atomic E-state index is 0.148. The van der Waals surface area contributed by atoms with Crippen LogP contribution in [0.5, 0.6) is 11.5 Å². The van der Waals surface area contributed by atoms with E-state index in [2.05, 4.69) is 19.9 Å². The fraction of sp³-hybridized carbons (Fsp3) is 0.0357. The number of benzene rings is 1. The topological polar surface area (TPSA) is 99.2 Å². The highest BCUT2D eigenvalue weighted by Crippen LogP contribution is 2.56. The Kier molecular flexibility index (Phi) is 4.62. The van der Waals surface area contributed by atoms with Crippen molar-refractivity contribution in [3.8, 4) is 33.9 Å². The number of hydrogen-bond acceptors (Lipinski definition) is 7. The molecule has 7 nitrogen and oxygen atoms in total. The molecule has 10 heteroatoms. The Morgan fingerprint density at radius 1 is 0.763 bits per heavy atom. The predicted octanol–water partition coefficient (Wildman–Crippen LogP) is 5.13. The van der Waals surface area contributed by atoms with Crippen molar-refractivity contribution in [1.29, 1.82) is 0 Å². The summed E-state index contributed by atoms with van der Waals surface area (Å²) >= 11 is 0. The molecular formula is C28H15F3N6O. The van der Waals surface area contributed by atoms with Crippen LogP contribution in [0.25, 0.3) is 22.4 Å². The molecule has 38 heavy (non-hydrogen) atoms. The van der Waals surface area contributed by atoms with Gasteiger partial charge >= 0.3 is 0 Å². The van der Waals surface area contributed by atoms with Crippen molar-refractivity contribution in [3.63, 3.8) is 0 Å². The molecule has 0 saturated heterocycles. The second-order valence-corrected chi connectivity index (χ2v) is 8.83. The Bertz CT molecular complexity index is 1830. The van der Waals surface area contributed by atoms with Gasteiger partial charge in [0, 0.05) is 64.2 Å². The zero-order chi connectivity index (χ0) is 26.0. The van der Waals surface area contributed by atoms with Gasteiger partial charge < -0.3 is 10.5 Å². The average Bonchev–Trinajstić information content (AvgIpc) is 3.22. The number of nitrogens with zero attached hydrogens (tertiary/aromatic N) is 5. The maximum Gasteiger partial charge on any atom is 0.256 e. The van der Waals surface area contributed by atoms with E-state index in [1.54, 1.807) is 54.9 Å². The van der Waals surface area contributed by atoms with Crippen molar-refractivity contribution in [2.75, 3.05) is 0 Å². The number of rotatable bonds is 2. The Hall–Kier alpha value is -5.12. The predicted molar refractivity (Wildman–Crippen MR) is 132 cm³/mol. The van der Waals surface area contributed by atoms with E-state index < -0.39 is 23.4 Å². The Morgan fingerprint density at radius 3 is 2.50 bits per heavy atom. The van der Waals surface area contributed by atoms with Gasteiger partial charge in [0.2, 0.25) is 11.9 Å². The van der Waals surface area contributed by atoms with Gasteiger partial charge in [-0.15, -0.1) is 0 Å². The standard InChI is InChI=1S/C28H15F3N6O/c29-23-11-15(5-9-34-23)21-12-19-24(26(31)36-21)38-22-4-3-14(16-2-1-7-35-25(16)30)10-18(22)28(19)20-13-33-8-6-17(20)27(32)37-28/h1-13H,(H2,32,37). The number of aromatic nitrogens is 4. The first-order chi connectivity index (χ1) is 18.5. The molecule has 0 fully saturated rings. The summed E-state index contributed by atoms with van der Waals surface area (Å²) in [4.78, 5) is 20.5. The second-order valence-electron chi connectivity index (χ2n) is 8.83.